The maximum Gasteiger partial charge on any atom is 0.130 e. The fourth-order valence-electron chi connectivity index (χ4n) is 3.64. The van der Waals surface area contributed by atoms with Gasteiger partial charge in [0.2, 0.25) is 0 Å². The van der Waals surface area contributed by atoms with Crippen LogP contribution < -0.4 is 0 Å². The van der Waals surface area contributed by atoms with E-state index in [1.165, 1.54) is 17.6 Å². The molecule has 1 unspecified atom stereocenters. The summed E-state index contributed by atoms with van der Waals surface area (Å²) in [6.07, 6.45) is 5.08. The molecule has 1 aromatic carbocycles. The Balaban J connectivity index is 2.60. The SMILES string of the molecule is C=CC(O)(C1=C(C)CCCC1(C)C)c1ccc(C)cc1. The van der Waals surface area contributed by atoms with E-state index in [1.807, 2.05) is 12.1 Å². The first-order valence-corrected chi connectivity index (χ1v) is 7.45. The van der Waals surface area contributed by atoms with Crippen LogP contribution in [0.4, 0.5) is 0 Å². The Bertz CT molecular complexity index is 533. The van der Waals surface area contributed by atoms with Crippen LogP contribution in [0.5, 0.6) is 0 Å². The number of hydrogen-bond acceptors (Lipinski definition) is 1. The number of hydrogen-bond donors (Lipinski definition) is 1. The van der Waals surface area contributed by atoms with Crippen molar-refractivity contribution in [3.63, 3.8) is 0 Å². The van der Waals surface area contributed by atoms with Gasteiger partial charge in [0.15, 0.2) is 0 Å². The number of allylic oxidation sites excluding steroid dienone is 1. The van der Waals surface area contributed by atoms with Crippen LogP contribution in [0.25, 0.3) is 0 Å². The molecule has 20 heavy (non-hydrogen) atoms. The van der Waals surface area contributed by atoms with Crippen molar-refractivity contribution in [2.75, 3.05) is 0 Å². The van der Waals surface area contributed by atoms with Gasteiger partial charge in [-0.25, -0.2) is 0 Å². The van der Waals surface area contributed by atoms with Crippen molar-refractivity contribution in [2.45, 2.75) is 52.6 Å². The molecule has 1 nitrogen and oxygen atoms in total. The van der Waals surface area contributed by atoms with Crippen LogP contribution in [0.15, 0.2) is 48.1 Å². The van der Waals surface area contributed by atoms with Crippen LogP contribution in [-0.2, 0) is 5.60 Å². The first-order chi connectivity index (χ1) is 9.31. The Labute approximate surface area is 123 Å². The minimum Gasteiger partial charge on any atom is -0.377 e. The first-order valence-electron chi connectivity index (χ1n) is 7.45. The third kappa shape index (κ3) is 2.47. The highest BCUT2D eigenvalue weighted by atomic mass is 16.3. The van der Waals surface area contributed by atoms with Crippen LogP contribution in [0.2, 0.25) is 0 Å². The van der Waals surface area contributed by atoms with Crippen molar-refractivity contribution >= 4 is 0 Å². The molecule has 1 N–H and O–H groups in total. The lowest BCUT2D eigenvalue weighted by Gasteiger charge is -2.43. The molecule has 0 heterocycles. The number of aryl methyl sites for hydroxylation is 1. The predicted octanol–water partition coefficient (Wildman–Crippen LogP) is 4.90. The molecule has 0 fully saturated rings. The fourth-order valence-corrected chi connectivity index (χ4v) is 3.64. The molecule has 0 aliphatic heterocycles. The van der Waals surface area contributed by atoms with E-state index in [0.717, 1.165) is 24.0 Å². The third-order valence-corrected chi connectivity index (χ3v) is 4.63. The van der Waals surface area contributed by atoms with Gasteiger partial charge in [-0.1, -0.05) is 61.9 Å². The predicted molar refractivity (Wildman–Crippen MR) is 85.6 cm³/mol. The summed E-state index contributed by atoms with van der Waals surface area (Å²) in [6, 6.07) is 8.13. The van der Waals surface area contributed by atoms with Crippen LogP contribution in [-0.4, -0.2) is 5.11 Å². The average molecular weight is 270 g/mol. The van der Waals surface area contributed by atoms with Gasteiger partial charge >= 0.3 is 0 Å². The van der Waals surface area contributed by atoms with Crippen molar-refractivity contribution in [1.82, 2.24) is 0 Å². The van der Waals surface area contributed by atoms with Crippen molar-refractivity contribution in [2.24, 2.45) is 5.41 Å². The normalized spacial score (nSPS) is 21.4. The van der Waals surface area contributed by atoms with E-state index in [4.69, 9.17) is 0 Å². The monoisotopic (exact) mass is 270 g/mol. The van der Waals surface area contributed by atoms with Crippen LogP contribution >= 0.6 is 0 Å². The molecule has 0 radical (unpaired) electrons. The molecule has 0 bridgehead atoms. The van der Waals surface area contributed by atoms with Gasteiger partial charge in [-0.05, 0) is 49.7 Å². The average Bonchev–Trinajstić information content (AvgIpc) is 2.38. The Morgan fingerprint density at radius 1 is 1.20 bits per heavy atom. The van der Waals surface area contributed by atoms with Gasteiger partial charge in [-0.15, -0.1) is 0 Å². The third-order valence-electron chi connectivity index (χ3n) is 4.63. The van der Waals surface area contributed by atoms with E-state index >= 15 is 0 Å². The summed E-state index contributed by atoms with van der Waals surface area (Å²) in [5, 5.41) is 11.3. The zero-order valence-electron chi connectivity index (χ0n) is 13.2. The van der Waals surface area contributed by atoms with Gasteiger partial charge in [0.05, 0.1) is 0 Å². The van der Waals surface area contributed by atoms with Crippen molar-refractivity contribution in [3.8, 4) is 0 Å². The Kier molecular flexibility index (Phi) is 3.93. The van der Waals surface area contributed by atoms with Crippen LogP contribution in [0, 0.1) is 12.3 Å². The smallest absolute Gasteiger partial charge is 0.130 e. The minimum atomic E-state index is -1.05. The minimum absolute atomic E-state index is 0.0101. The Morgan fingerprint density at radius 2 is 1.80 bits per heavy atom. The molecule has 1 heteroatoms. The Hall–Kier alpha value is -1.34. The molecule has 1 aliphatic rings. The summed E-state index contributed by atoms with van der Waals surface area (Å²) < 4.78 is 0. The van der Waals surface area contributed by atoms with Gasteiger partial charge < -0.3 is 5.11 Å². The van der Waals surface area contributed by atoms with Crippen LogP contribution in [0.1, 0.15) is 51.2 Å². The topological polar surface area (TPSA) is 20.2 Å². The molecule has 1 atom stereocenters. The highest BCUT2D eigenvalue weighted by Gasteiger charge is 2.41. The summed E-state index contributed by atoms with van der Waals surface area (Å²) in [5.74, 6) is 0. The summed E-state index contributed by atoms with van der Waals surface area (Å²) in [7, 11) is 0. The summed E-state index contributed by atoms with van der Waals surface area (Å²) in [4.78, 5) is 0. The quantitative estimate of drug-likeness (QED) is 0.775. The molecule has 1 aromatic rings. The number of aliphatic hydroxyl groups is 1. The first kappa shape index (κ1) is 15.1. The fraction of sp³-hybridized carbons (Fsp3) is 0.474. The van der Waals surface area contributed by atoms with Gasteiger partial charge in [-0.3, -0.25) is 0 Å². The summed E-state index contributed by atoms with van der Waals surface area (Å²) in [5.41, 5.74) is 3.52. The second-order valence-electron chi connectivity index (χ2n) is 6.73. The molecule has 0 saturated carbocycles. The lowest BCUT2D eigenvalue weighted by Crippen LogP contribution is -2.36. The van der Waals surface area contributed by atoms with E-state index < -0.39 is 5.60 Å². The molecule has 2 rings (SSSR count). The summed E-state index contributed by atoms with van der Waals surface area (Å²) in [6.45, 7) is 12.6. The maximum absolute atomic E-state index is 11.3. The van der Waals surface area contributed by atoms with Crippen molar-refractivity contribution in [3.05, 3.63) is 59.2 Å². The molecule has 0 spiro atoms. The molecule has 0 amide bonds. The van der Waals surface area contributed by atoms with Gasteiger partial charge in [0.25, 0.3) is 0 Å². The zero-order chi connectivity index (χ0) is 15.0. The molecule has 1 aliphatic carbocycles. The standard InChI is InChI=1S/C19H26O/c1-6-19(20,16-11-9-14(2)10-12-16)17-15(3)8-7-13-18(17,4)5/h6,9-12,20H,1,7-8,13H2,2-5H3. The van der Waals surface area contributed by atoms with E-state index in [2.05, 4.69) is 46.4 Å². The number of benzene rings is 1. The molecule has 0 saturated heterocycles. The zero-order valence-corrected chi connectivity index (χ0v) is 13.2. The lowest BCUT2D eigenvalue weighted by molar-refractivity contribution is 0.0954. The molecule has 108 valence electrons. The second-order valence-corrected chi connectivity index (χ2v) is 6.73. The maximum atomic E-state index is 11.3. The van der Waals surface area contributed by atoms with E-state index in [-0.39, 0.29) is 5.41 Å². The van der Waals surface area contributed by atoms with E-state index in [9.17, 15) is 5.11 Å². The van der Waals surface area contributed by atoms with Crippen LogP contribution in [0.3, 0.4) is 0 Å². The number of rotatable bonds is 3. The van der Waals surface area contributed by atoms with E-state index in [1.54, 1.807) is 6.08 Å². The second kappa shape index (κ2) is 5.21. The summed E-state index contributed by atoms with van der Waals surface area (Å²) >= 11 is 0. The molecular formula is C19H26O. The van der Waals surface area contributed by atoms with Gasteiger partial charge in [0, 0.05) is 0 Å². The molecular weight excluding hydrogens is 244 g/mol. The van der Waals surface area contributed by atoms with Gasteiger partial charge in [-0.2, -0.15) is 0 Å². The largest absolute Gasteiger partial charge is 0.377 e. The lowest BCUT2D eigenvalue weighted by atomic mass is 9.64. The van der Waals surface area contributed by atoms with E-state index in [0.29, 0.717) is 0 Å². The van der Waals surface area contributed by atoms with Crippen molar-refractivity contribution in [1.29, 1.82) is 0 Å². The highest BCUT2D eigenvalue weighted by molar-refractivity contribution is 5.44. The molecule has 0 aromatic heterocycles. The Morgan fingerprint density at radius 3 is 2.30 bits per heavy atom. The van der Waals surface area contributed by atoms with Crippen molar-refractivity contribution < 1.29 is 5.11 Å². The van der Waals surface area contributed by atoms with Gasteiger partial charge in [0.1, 0.15) is 5.60 Å². The highest BCUT2D eigenvalue weighted by Crippen LogP contribution is 2.49.